The largest absolute Gasteiger partial charge is 0.456 e. The van der Waals surface area contributed by atoms with Crippen molar-refractivity contribution in [2.45, 2.75) is 27.7 Å². The van der Waals surface area contributed by atoms with Crippen LogP contribution in [0.1, 0.15) is 22.3 Å². The molecule has 0 N–H and O–H groups in total. The molecule has 0 spiro atoms. The second-order valence-corrected chi connectivity index (χ2v) is 17.1. The molecule has 6 nitrogen and oxygen atoms in total. The zero-order valence-electron chi connectivity index (χ0n) is 35.7. The van der Waals surface area contributed by atoms with Crippen molar-refractivity contribution in [1.29, 1.82) is 0 Å². The van der Waals surface area contributed by atoms with Crippen LogP contribution < -0.4 is 9.80 Å². The molecule has 0 aliphatic heterocycles. The molecule has 0 bridgehead atoms. The van der Waals surface area contributed by atoms with E-state index in [-0.39, 0.29) is 0 Å². The molecule has 9 aromatic carbocycles. The van der Waals surface area contributed by atoms with E-state index in [9.17, 15) is 0 Å². The summed E-state index contributed by atoms with van der Waals surface area (Å²) in [6, 6.07) is 59.3. The second-order valence-electron chi connectivity index (χ2n) is 17.1. The molecule has 4 heterocycles. The maximum Gasteiger partial charge on any atom is 0.160 e. The Hall–Kier alpha value is -8.22. The van der Waals surface area contributed by atoms with E-state index in [1.165, 1.54) is 11.1 Å². The molecule has 0 atom stereocenters. The zero-order valence-corrected chi connectivity index (χ0v) is 35.7. The number of hydrogen-bond acceptors (Lipinski definition) is 6. The first-order valence-electron chi connectivity index (χ1n) is 21.7. The number of rotatable bonds is 6. The average Bonchev–Trinajstić information content (AvgIpc) is 4.07. The fraction of sp³-hybridized carbons (Fsp3) is 0.0690. The van der Waals surface area contributed by atoms with Gasteiger partial charge in [0.1, 0.15) is 33.5 Å². The third kappa shape index (κ3) is 5.32. The van der Waals surface area contributed by atoms with Crippen LogP contribution in [0.5, 0.6) is 0 Å². The summed E-state index contributed by atoms with van der Waals surface area (Å²) in [5, 5.41) is 7.93. The summed E-state index contributed by atoms with van der Waals surface area (Å²) in [5.74, 6) is 0. The van der Waals surface area contributed by atoms with Gasteiger partial charge >= 0.3 is 0 Å². The number of aryl methyl sites for hydroxylation is 4. The third-order valence-electron chi connectivity index (χ3n) is 12.9. The minimum atomic E-state index is 0.762. The van der Waals surface area contributed by atoms with E-state index >= 15 is 0 Å². The van der Waals surface area contributed by atoms with Crippen LogP contribution in [0.25, 0.3) is 87.8 Å². The van der Waals surface area contributed by atoms with Gasteiger partial charge in [0.25, 0.3) is 0 Å². The maximum absolute atomic E-state index is 7.06. The van der Waals surface area contributed by atoms with Gasteiger partial charge in [-0.2, -0.15) is 0 Å². The van der Waals surface area contributed by atoms with E-state index in [0.29, 0.717) is 0 Å². The minimum Gasteiger partial charge on any atom is -0.456 e. The highest BCUT2D eigenvalue weighted by Gasteiger charge is 2.29. The van der Waals surface area contributed by atoms with E-state index < -0.39 is 0 Å². The van der Waals surface area contributed by atoms with Crippen LogP contribution in [-0.2, 0) is 0 Å². The Balaban J connectivity index is 1.12. The van der Waals surface area contributed by atoms with Crippen LogP contribution in [0.4, 0.5) is 34.1 Å². The molecule has 0 fully saturated rings. The van der Waals surface area contributed by atoms with Crippen LogP contribution >= 0.6 is 0 Å². The number of hydrogen-bond donors (Lipinski definition) is 0. The Kier molecular flexibility index (Phi) is 7.76. The summed E-state index contributed by atoms with van der Waals surface area (Å²) in [4.78, 5) is 4.58. The number of benzene rings is 9. The number of para-hydroxylation sites is 4. The van der Waals surface area contributed by atoms with Gasteiger partial charge in [-0.3, -0.25) is 0 Å². The van der Waals surface area contributed by atoms with Gasteiger partial charge in [-0.15, -0.1) is 0 Å². The molecule has 0 radical (unpaired) electrons. The molecule has 64 heavy (non-hydrogen) atoms. The highest BCUT2D eigenvalue weighted by atomic mass is 16.3. The molecule has 306 valence electrons. The van der Waals surface area contributed by atoms with Gasteiger partial charge in [0.15, 0.2) is 11.2 Å². The summed E-state index contributed by atoms with van der Waals surface area (Å²) in [6.07, 6.45) is 0. The predicted molar refractivity (Wildman–Crippen MR) is 264 cm³/mol. The quantitative estimate of drug-likeness (QED) is 0.166. The van der Waals surface area contributed by atoms with Crippen molar-refractivity contribution in [1.82, 2.24) is 0 Å². The summed E-state index contributed by atoms with van der Waals surface area (Å²) in [6.45, 7) is 8.59. The molecule has 0 unspecified atom stereocenters. The molecule has 13 aromatic rings. The van der Waals surface area contributed by atoms with E-state index in [1.54, 1.807) is 0 Å². The Morgan fingerprint density at radius 2 is 0.703 bits per heavy atom. The van der Waals surface area contributed by atoms with Crippen molar-refractivity contribution in [3.63, 3.8) is 0 Å². The van der Waals surface area contributed by atoms with Gasteiger partial charge in [-0.25, -0.2) is 0 Å². The SMILES string of the molecule is Cc1ccc(N(c2ccccc2)c2cc3oc4cc5c(cc4c3c3c2oc2ccccc23)oc2cc(N(c3ccccc3)c3ccc(C)cc3C)c3oc4ccccc4c3c25)c(C)c1. The van der Waals surface area contributed by atoms with Crippen LogP contribution in [0, 0.1) is 27.7 Å². The third-order valence-corrected chi connectivity index (χ3v) is 12.9. The van der Waals surface area contributed by atoms with Gasteiger partial charge in [-0.05, 0) is 99.5 Å². The van der Waals surface area contributed by atoms with E-state index in [0.717, 1.165) is 133 Å². The Labute approximate surface area is 367 Å². The molecular weight excluding hydrogens is 789 g/mol. The van der Waals surface area contributed by atoms with Crippen molar-refractivity contribution in [3.8, 4) is 0 Å². The van der Waals surface area contributed by atoms with Crippen LogP contribution in [0.2, 0.25) is 0 Å². The Morgan fingerprint density at radius 1 is 0.297 bits per heavy atom. The van der Waals surface area contributed by atoms with Crippen LogP contribution in [0.3, 0.4) is 0 Å². The molecule has 0 aliphatic carbocycles. The summed E-state index contributed by atoms with van der Waals surface area (Å²) in [5.41, 5.74) is 17.0. The lowest BCUT2D eigenvalue weighted by Gasteiger charge is -2.27. The number of fused-ring (bicyclic) bond motifs is 14. The highest BCUT2D eigenvalue weighted by molar-refractivity contribution is 6.33. The van der Waals surface area contributed by atoms with Gasteiger partial charge in [0.2, 0.25) is 0 Å². The zero-order chi connectivity index (χ0) is 42.8. The maximum atomic E-state index is 7.06. The topological polar surface area (TPSA) is 59.0 Å². The molecule has 6 heteroatoms. The predicted octanol–water partition coefficient (Wildman–Crippen LogP) is 17.5. The monoisotopic (exact) mass is 828 g/mol. The normalized spacial score (nSPS) is 12.1. The minimum absolute atomic E-state index is 0.762. The average molecular weight is 829 g/mol. The summed E-state index contributed by atoms with van der Waals surface area (Å²) < 4.78 is 27.9. The Morgan fingerprint density at radius 3 is 1.12 bits per heavy atom. The Bertz CT molecular complexity index is 3760. The first kappa shape index (κ1) is 36.4. The highest BCUT2D eigenvalue weighted by Crippen LogP contribution is 2.52. The molecular formula is C58H40N2O4. The molecule has 13 rings (SSSR count). The van der Waals surface area contributed by atoms with Crippen LogP contribution in [-0.4, -0.2) is 0 Å². The summed E-state index contributed by atoms with van der Waals surface area (Å²) in [7, 11) is 0. The first-order chi connectivity index (χ1) is 31.4. The molecule has 4 aromatic heterocycles. The fourth-order valence-electron chi connectivity index (χ4n) is 10.2. The van der Waals surface area contributed by atoms with Crippen LogP contribution in [0.15, 0.2) is 188 Å². The van der Waals surface area contributed by atoms with Crippen molar-refractivity contribution in [2.75, 3.05) is 9.80 Å². The molecule has 0 aliphatic rings. The van der Waals surface area contributed by atoms with Crippen molar-refractivity contribution in [2.24, 2.45) is 0 Å². The van der Waals surface area contributed by atoms with E-state index in [2.05, 4.69) is 171 Å². The van der Waals surface area contributed by atoms with Crippen molar-refractivity contribution >= 4 is 122 Å². The molecule has 0 saturated carbocycles. The second kappa shape index (κ2) is 13.6. The van der Waals surface area contributed by atoms with Gasteiger partial charge in [-0.1, -0.05) is 108 Å². The van der Waals surface area contributed by atoms with E-state index in [1.807, 2.05) is 36.4 Å². The lowest BCUT2D eigenvalue weighted by atomic mass is 10.0. The van der Waals surface area contributed by atoms with E-state index in [4.69, 9.17) is 17.7 Å². The standard InChI is InChI=1S/C58H40N2O4/c1-33-23-25-43(35(3)27-33)59(37-15-7-5-8-16-37)45-31-51-53(55-39-19-11-13-21-47(39)63-57(45)55)41-29-50-42(30-49(41)61-51)54-52(62-50)32-46(58-56(54)40-20-12-14-22-48(40)64-58)60(38-17-9-6-10-18-38)44-26-24-34(2)28-36(44)4/h5-32H,1-4H3. The molecule has 0 saturated heterocycles. The first-order valence-corrected chi connectivity index (χ1v) is 21.7. The number of nitrogens with zero attached hydrogens (tertiary/aromatic N) is 2. The molecule has 0 amide bonds. The van der Waals surface area contributed by atoms with Gasteiger partial charge in [0.05, 0.1) is 11.4 Å². The van der Waals surface area contributed by atoms with Gasteiger partial charge in [0, 0.05) is 78.0 Å². The lowest BCUT2D eigenvalue weighted by molar-refractivity contribution is 0.660. The smallest absolute Gasteiger partial charge is 0.160 e. The van der Waals surface area contributed by atoms with Crippen molar-refractivity contribution in [3.05, 3.63) is 192 Å². The lowest BCUT2D eigenvalue weighted by Crippen LogP contribution is -2.11. The summed E-state index contributed by atoms with van der Waals surface area (Å²) >= 11 is 0. The number of anilines is 6. The van der Waals surface area contributed by atoms with Gasteiger partial charge < -0.3 is 27.5 Å². The fourth-order valence-corrected chi connectivity index (χ4v) is 10.2. The van der Waals surface area contributed by atoms with Crippen molar-refractivity contribution < 1.29 is 17.7 Å². The number of furan rings is 4.